The lowest BCUT2D eigenvalue weighted by Gasteiger charge is -2.00. The van der Waals surface area contributed by atoms with E-state index in [0.717, 1.165) is 10.2 Å². The van der Waals surface area contributed by atoms with E-state index in [0.29, 0.717) is 22.2 Å². The largest absolute Gasteiger partial charge is 0.420 e. The smallest absolute Gasteiger partial charge is 0.248 e. The highest BCUT2D eigenvalue weighted by Crippen LogP contribution is 2.30. The predicted octanol–water partition coefficient (Wildman–Crippen LogP) is 3.04. The molecule has 0 aliphatic rings. The second-order valence-electron chi connectivity index (χ2n) is 4.21. The number of carbonyl (C=O) groups excluding carboxylic acids is 1. The van der Waals surface area contributed by atoms with Crippen LogP contribution in [0.2, 0.25) is 0 Å². The molecule has 0 amide bonds. The van der Waals surface area contributed by atoms with Gasteiger partial charge in [-0.15, -0.1) is 5.10 Å². The number of halogens is 1. The Bertz CT molecular complexity index is 771. The van der Waals surface area contributed by atoms with E-state index < -0.39 is 0 Å². The maximum atomic E-state index is 12.5. The van der Waals surface area contributed by atoms with Crippen molar-refractivity contribution in [3.05, 3.63) is 45.6 Å². The molecule has 96 valence electrons. The molecule has 0 unspecified atom stereocenters. The molecule has 0 atom stereocenters. The van der Waals surface area contributed by atoms with E-state index in [4.69, 9.17) is 10.2 Å². The van der Waals surface area contributed by atoms with Crippen LogP contribution in [0.1, 0.15) is 21.6 Å². The Morgan fingerprint density at radius 3 is 2.74 bits per heavy atom. The highest BCUT2D eigenvalue weighted by Gasteiger charge is 2.23. The number of carbonyl (C=O) groups is 1. The average Bonchev–Trinajstić information content (AvgIpc) is 2.89. The van der Waals surface area contributed by atoms with Gasteiger partial charge < -0.3 is 10.2 Å². The van der Waals surface area contributed by atoms with Gasteiger partial charge in [0.25, 0.3) is 0 Å². The van der Waals surface area contributed by atoms with Crippen LogP contribution in [0.25, 0.3) is 11.1 Å². The molecule has 0 fully saturated rings. The van der Waals surface area contributed by atoms with Gasteiger partial charge in [0.05, 0.1) is 10.9 Å². The highest BCUT2D eigenvalue weighted by atomic mass is 79.9. The molecule has 0 aliphatic heterocycles. The van der Waals surface area contributed by atoms with Crippen LogP contribution in [0.4, 0.5) is 5.88 Å². The normalized spacial score (nSPS) is 11.1. The Balaban J connectivity index is 2.18. The minimum absolute atomic E-state index is 0.0996. The average molecular weight is 320 g/mol. The van der Waals surface area contributed by atoms with Crippen molar-refractivity contribution in [2.45, 2.75) is 6.92 Å². The number of H-pyrrole nitrogens is 1. The quantitative estimate of drug-likeness (QED) is 0.711. The lowest BCUT2D eigenvalue weighted by atomic mass is 10.0. The molecule has 3 rings (SSSR count). The minimum Gasteiger partial charge on any atom is -0.420 e. The molecule has 2 aromatic heterocycles. The third kappa shape index (κ3) is 1.84. The number of hydrogen-bond donors (Lipinski definition) is 2. The minimum atomic E-state index is -0.173. The van der Waals surface area contributed by atoms with Crippen LogP contribution in [0.3, 0.4) is 0 Å². The Kier molecular flexibility index (Phi) is 2.67. The second-order valence-corrected chi connectivity index (χ2v) is 5.12. The standard InChI is InChI=1S/C13H10BrN3O2/c1-6-9-10(12(15)19-13(9)17-16-6)11(18)7-2-4-8(14)5-3-7/h2-5H,15H2,1H3,(H,16,17). The Hall–Kier alpha value is -2.08. The maximum Gasteiger partial charge on any atom is 0.248 e. The summed E-state index contributed by atoms with van der Waals surface area (Å²) in [5.41, 5.74) is 7.82. The summed E-state index contributed by atoms with van der Waals surface area (Å²) in [6.07, 6.45) is 0. The van der Waals surface area contributed by atoms with Gasteiger partial charge in [0.2, 0.25) is 11.6 Å². The second kappa shape index (κ2) is 4.24. The van der Waals surface area contributed by atoms with Crippen molar-refractivity contribution in [3.63, 3.8) is 0 Å². The van der Waals surface area contributed by atoms with E-state index >= 15 is 0 Å². The van der Waals surface area contributed by atoms with Gasteiger partial charge in [-0.2, -0.15) is 0 Å². The molecule has 0 bridgehead atoms. The lowest BCUT2D eigenvalue weighted by molar-refractivity contribution is 0.104. The molecule has 2 heterocycles. The Morgan fingerprint density at radius 1 is 1.37 bits per heavy atom. The van der Waals surface area contributed by atoms with E-state index in [9.17, 15) is 4.79 Å². The number of rotatable bonds is 2. The molecule has 0 spiro atoms. The number of hydrogen-bond acceptors (Lipinski definition) is 4. The molecule has 0 radical (unpaired) electrons. The number of nitrogens with zero attached hydrogens (tertiary/aromatic N) is 1. The zero-order valence-corrected chi connectivity index (χ0v) is 11.6. The van der Waals surface area contributed by atoms with Crippen LogP contribution < -0.4 is 5.73 Å². The van der Waals surface area contributed by atoms with Crippen molar-refractivity contribution in [2.75, 3.05) is 5.73 Å². The fourth-order valence-electron chi connectivity index (χ4n) is 2.02. The number of anilines is 1. The van der Waals surface area contributed by atoms with E-state index in [-0.39, 0.29) is 11.7 Å². The number of furan rings is 1. The molecular formula is C13H10BrN3O2. The van der Waals surface area contributed by atoms with Gasteiger partial charge in [-0.3, -0.25) is 9.89 Å². The molecule has 3 aromatic rings. The molecule has 0 saturated carbocycles. The number of aromatic nitrogens is 2. The van der Waals surface area contributed by atoms with E-state index in [1.54, 1.807) is 12.1 Å². The SMILES string of the molecule is Cc1[nH]nc2oc(N)c(C(=O)c3ccc(Br)cc3)c12. The molecule has 0 aliphatic carbocycles. The van der Waals surface area contributed by atoms with Crippen LogP contribution in [0.15, 0.2) is 33.2 Å². The van der Waals surface area contributed by atoms with Gasteiger partial charge in [-0.1, -0.05) is 15.9 Å². The fourth-order valence-corrected chi connectivity index (χ4v) is 2.29. The summed E-state index contributed by atoms with van der Waals surface area (Å²) >= 11 is 3.33. The Labute approximate surface area is 116 Å². The first-order valence-electron chi connectivity index (χ1n) is 5.61. The third-order valence-corrected chi connectivity index (χ3v) is 3.48. The van der Waals surface area contributed by atoms with Crippen LogP contribution in [0, 0.1) is 6.92 Å². The van der Waals surface area contributed by atoms with Gasteiger partial charge in [0, 0.05) is 15.7 Å². The maximum absolute atomic E-state index is 12.5. The number of nitrogens with two attached hydrogens (primary N) is 1. The first-order valence-corrected chi connectivity index (χ1v) is 6.40. The van der Waals surface area contributed by atoms with E-state index in [1.807, 2.05) is 19.1 Å². The number of benzene rings is 1. The van der Waals surface area contributed by atoms with Crippen LogP contribution in [-0.4, -0.2) is 16.0 Å². The van der Waals surface area contributed by atoms with Crippen molar-refractivity contribution in [1.29, 1.82) is 0 Å². The Morgan fingerprint density at radius 2 is 2.05 bits per heavy atom. The first-order chi connectivity index (χ1) is 9.08. The fraction of sp³-hybridized carbons (Fsp3) is 0.0769. The summed E-state index contributed by atoms with van der Waals surface area (Å²) in [5.74, 6) is -0.0734. The topological polar surface area (TPSA) is 84.9 Å². The lowest BCUT2D eigenvalue weighted by Crippen LogP contribution is -2.03. The molecule has 0 saturated heterocycles. The van der Waals surface area contributed by atoms with Gasteiger partial charge in [-0.05, 0) is 31.2 Å². The van der Waals surface area contributed by atoms with Gasteiger partial charge in [0.1, 0.15) is 0 Å². The summed E-state index contributed by atoms with van der Waals surface area (Å²) in [5, 5.41) is 7.38. The summed E-state index contributed by atoms with van der Waals surface area (Å²) in [6.45, 7) is 1.82. The summed E-state index contributed by atoms with van der Waals surface area (Å²) < 4.78 is 6.20. The zero-order valence-electron chi connectivity index (χ0n) is 10.0. The number of fused-ring (bicyclic) bond motifs is 1. The highest BCUT2D eigenvalue weighted by molar-refractivity contribution is 9.10. The van der Waals surface area contributed by atoms with Crippen molar-refractivity contribution < 1.29 is 9.21 Å². The van der Waals surface area contributed by atoms with Crippen LogP contribution in [-0.2, 0) is 0 Å². The first kappa shape index (κ1) is 12.0. The molecule has 1 aromatic carbocycles. The molecule has 5 nitrogen and oxygen atoms in total. The zero-order chi connectivity index (χ0) is 13.6. The number of aryl methyl sites for hydroxylation is 1. The van der Waals surface area contributed by atoms with Gasteiger partial charge >= 0.3 is 0 Å². The summed E-state index contributed by atoms with van der Waals surface area (Å²) in [6, 6.07) is 7.09. The van der Waals surface area contributed by atoms with Gasteiger partial charge in [-0.25, -0.2) is 0 Å². The number of aromatic amines is 1. The summed E-state index contributed by atoms with van der Waals surface area (Å²) in [4.78, 5) is 12.5. The van der Waals surface area contributed by atoms with Crippen molar-refractivity contribution in [2.24, 2.45) is 0 Å². The van der Waals surface area contributed by atoms with Crippen LogP contribution in [0.5, 0.6) is 0 Å². The van der Waals surface area contributed by atoms with Gasteiger partial charge in [0.15, 0.2) is 5.78 Å². The molecule has 19 heavy (non-hydrogen) atoms. The van der Waals surface area contributed by atoms with Crippen molar-refractivity contribution in [3.8, 4) is 0 Å². The number of ketones is 1. The van der Waals surface area contributed by atoms with Crippen molar-refractivity contribution >= 4 is 38.7 Å². The number of nitrogens with one attached hydrogen (secondary N) is 1. The third-order valence-electron chi connectivity index (χ3n) is 2.95. The van der Waals surface area contributed by atoms with Crippen LogP contribution >= 0.6 is 15.9 Å². The van der Waals surface area contributed by atoms with E-state index in [2.05, 4.69) is 26.1 Å². The summed E-state index contributed by atoms with van der Waals surface area (Å²) in [7, 11) is 0. The number of nitrogen functional groups attached to an aromatic ring is 1. The monoisotopic (exact) mass is 319 g/mol. The van der Waals surface area contributed by atoms with Crippen molar-refractivity contribution in [1.82, 2.24) is 10.2 Å². The molecular weight excluding hydrogens is 310 g/mol. The predicted molar refractivity (Wildman–Crippen MR) is 75.1 cm³/mol. The molecule has 3 N–H and O–H groups in total. The van der Waals surface area contributed by atoms with E-state index in [1.165, 1.54) is 0 Å². The molecule has 6 heteroatoms.